The molecule has 0 aromatic carbocycles. The van der Waals surface area contributed by atoms with Crippen molar-refractivity contribution < 1.29 is 9.31 Å². The second kappa shape index (κ2) is 2.97. The van der Waals surface area contributed by atoms with Crippen molar-refractivity contribution in [2.75, 3.05) is 0 Å². The molecule has 4 atom stereocenters. The third-order valence-corrected chi connectivity index (χ3v) is 6.24. The van der Waals surface area contributed by atoms with E-state index in [2.05, 4.69) is 25.6 Å². The first-order valence-corrected chi connectivity index (χ1v) is 7.13. The van der Waals surface area contributed by atoms with Gasteiger partial charge in [-0.05, 0) is 37.0 Å². The Kier molecular flexibility index (Phi) is 1.86. The Bertz CT molecular complexity index is 453. The standard InChI is InChI=1S/C14H20BNO2/c1-12(2)9-7-10(12)11-13(3,8-9)18-15(17-11)14(16-4)5-6-14/h9-11H,5-8H2,1-3H3/t9?,10-,11-,13+/m1/s1. The molecule has 3 nitrogen and oxygen atoms in total. The summed E-state index contributed by atoms with van der Waals surface area (Å²) in [6.45, 7) is 14.3. The Morgan fingerprint density at radius 3 is 2.56 bits per heavy atom. The first-order valence-electron chi connectivity index (χ1n) is 7.13. The highest BCUT2D eigenvalue weighted by Gasteiger charge is 2.74. The predicted molar refractivity (Wildman–Crippen MR) is 68.7 cm³/mol. The monoisotopic (exact) mass is 245 g/mol. The van der Waals surface area contributed by atoms with Gasteiger partial charge in [-0.1, -0.05) is 13.8 Å². The van der Waals surface area contributed by atoms with Crippen LogP contribution in [0.5, 0.6) is 0 Å². The van der Waals surface area contributed by atoms with Crippen molar-refractivity contribution in [2.45, 2.75) is 63.6 Å². The van der Waals surface area contributed by atoms with Gasteiger partial charge in [0.1, 0.15) is 0 Å². The molecule has 0 N–H and O–H groups in total. The van der Waals surface area contributed by atoms with Crippen molar-refractivity contribution in [3.05, 3.63) is 11.4 Å². The summed E-state index contributed by atoms with van der Waals surface area (Å²) < 4.78 is 12.5. The Balaban J connectivity index is 1.63. The van der Waals surface area contributed by atoms with Crippen LogP contribution in [0.1, 0.15) is 46.5 Å². The summed E-state index contributed by atoms with van der Waals surface area (Å²) in [5, 5.41) is 0. The van der Waals surface area contributed by atoms with E-state index in [1.54, 1.807) is 0 Å². The van der Waals surface area contributed by atoms with Crippen LogP contribution in [0, 0.1) is 23.8 Å². The van der Waals surface area contributed by atoms with Gasteiger partial charge in [-0.25, -0.2) is 6.57 Å². The number of hydrogen-bond acceptors (Lipinski definition) is 2. The lowest BCUT2D eigenvalue weighted by atomic mass is 9.45. The molecule has 0 aromatic rings. The number of rotatable bonds is 1. The summed E-state index contributed by atoms with van der Waals surface area (Å²) in [7, 11) is -0.264. The van der Waals surface area contributed by atoms with Crippen molar-refractivity contribution in [3.8, 4) is 0 Å². The molecule has 5 rings (SSSR count). The number of hydrogen-bond donors (Lipinski definition) is 0. The van der Waals surface area contributed by atoms with Gasteiger partial charge < -0.3 is 14.2 Å². The zero-order valence-corrected chi connectivity index (χ0v) is 11.4. The van der Waals surface area contributed by atoms with Crippen LogP contribution in [-0.4, -0.2) is 24.3 Å². The molecule has 0 aromatic heterocycles. The Hall–Kier alpha value is -0.525. The summed E-state index contributed by atoms with van der Waals surface area (Å²) in [6, 6.07) is 0. The molecule has 4 aliphatic carbocycles. The van der Waals surface area contributed by atoms with Crippen LogP contribution in [0.2, 0.25) is 0 Å². The zero-order valence-electron chi connectivity index (χ0n) is 11.4. The fraction of sp³-hybridized carbons (Fsp3) is 0.929. The van der Waals surface area contributed by atoms with Gasteiger partial charge >= 0.3 is 7.12 Å². The smallest absolute Gasteiger partial charge is 0.399 e. The minimum atomic E-state index is -0.338. The molecule has 1 saturated heterocycles. The van der Waals surface area contributed by atoms with E-state index in [0.29, 0.717) is 11.3 Å². The molecule has 1 unspecified atom stereocenters. The van der Waals surface area contributed by atoms with Crippen molar-refractivity contribution >= 4 is 7.12 Å². The van der Waals surface area contributed by atoms with Crippen LogP contribution >= 0.6 is 0 Å². The summed E-state index contributed by atoms with van der Waals surface area (Å²) in [5.41, 5.74) is -0.0693. The molecule has 1 aliphatic heterocycles. The SMILES string of the molecule is [C-]#[N+]C1(B2O[C@@H]3[C@H]4CC(C[C@]3(C)O2)C4(C)C)CC1. The van der Waals surface area contributed by atoms with Gasteiger partial charge in [0.2, 0.25) is 0 Å². The minimum Gasteiger partial charge on any atom is -0.399 e. The Labute approximate surface area is 109 Å². The largest absolute Gasteiger partial charge is 0.555 e. The highest BCUT2D eigenvalue weighted by atomic mass is 16.7. The third kappa shape index (κ3) is 1.13. The van der Waals surface area contributed by atoms with Gasteiger partial charge in [0.25, 0.3) is 5.44 Å². The average Bonchev–Trinajstić information content (AvgIpc) is 3.04. The van der Waals surface area contributed by atoms with E-state index in [0.717, 1.165) is 25.2 Å². The van der Waals surface area contributed by atoms with Gasteiger partial charge in [0.15, 0.2) is 0 Å². The molecule has 0 spiro atoms. The van der Waals surface area contributed by atoms with Crippen LogP contribution in [0.25, 0.3) is 4.85 Å². The van der Waals surface area contributed by atoms with Crippen LogP contribution < -0.4 is 0 Å². The van der Waals surface area contributed by atoms with Crippen molar-refractivity contribution in [3.63, 3.8) is 0 Å². The minimum absolute atomic E-state index is 0.131. The predicted octanol–water partition coefficient (Wildman–Crippen LogP) is 2.71. The number of nitrogens with zero attached hydrogens (tertiary/aromatic N) is 1. The molecule has 18 heavy (non-hydrogen) atoms. The summed E-state index contributed by atoms with van der Waals surface area (Å²) in [6.07, 6.45) is 4.49. The molecule has 2 bridgehead atoms. The maximum atomic E-state index is 7.36. The molecule has 0 radical (unpaired) electrons. The van der Waals surface area contributed by atoms with E-state index in [-0.39, 0.29) is 24.3 Å². The van der Waals surface area contributed by atoms with Gasteiger partial charge in [-0.3, -0.25) is 0 Å². The quantitative estimate of drug-likeness (QED) is 0.523. The zero-order chi connectivity index (χ0) is 12.8. The van der Waals surface area contributed by atoms with Gasteiger partial charge in [0.05, 0.1) is 11.7 Å². The molecule has 0 amide bonds. The molecule has 4 heteroatoms. The lowest BCUT2D eigenvalue weighted by Gasteiger charge is -2.63. The van der Waals surface area contributed by atoms with Crippen molar-refractivity contribution in [1.29, 1.82) is 0 Å². The van der Waals surface area contributed by atoms with E-state index < -0.39 is 0 Å². The second-order valence-corrected chi connectivity index (χ2v) is 7.60. The maximum Gasteiger partial charge on any atom is 0.555 e. The topological polar surface area (TPSA) is 22.8 Å². The van der Waals surface area contributed by atoms with Crippen molar-refractivity contribution in [1.82, 2.24) is 0 Å². The first-order chi connectivity index (χ1) is 8.41. The van der Waals surface area contributed by atoms with Crippen LogP contribution in [0.3, 0.4) is 0 Å². The van der Waals surface area contributed by atoms with Gasteiger partial charge in [0, 0.05) is 12.8 Å². The van der Waals surface area contributed by atoms with Crippen LogP contribution in [0.4, 0.5) is 0 Å². The average molecular weight is 245 g/mol. The molecule has 1 heterocycles. The molecular weight excluding hydrogens is 225 g/mol. The fourth-order valence-corrected chi connectivity index (χ4v) is 4.47. The van der Waals surface area contributed by atoms with E-state index >= 15 is 0 Å². The second-order valence-electron chi connectivity index (χ2n) is 7.60. The van der Waals surface area contributed by atoms with Gasteiger partial charge in [-0.2, -0.15) is 0 Å². The van der Waals surface area contributed by atoms with E-state index in [9.17, 15) is 0 Å². The lowest BCUT2D eigenvalue weighted by Crippen LogP contribution is -2.63. The highest BCUT2D eigenvalue weighted by Crippen LogP contribution is 2.65. The van der Waals surface area contributed by atoms with E-state index in [1.165, 1.54) is 6.42 Å². The third-order valence-electron chi connectivity index (χ3n) is 6.24. The Morgan fingerprint density at radius 2 is 2.00 bits per heavy atom. The molecular formula is C14H20BNO2. The summed E-state index contributed by atoms with van der Waals surface area (Å²) >= 11 is 0. The van der Waals surface area contributed by atoms with Crippen LogP contribution in [-0.2, 0) is 9.31 Å². The Morgan fingerprint density at radius 1 is 1.28 bits per heavy atom. The molecule has 5 fully saturated rings. The lowest BCUT2D eigenvalue weighted by molar-refractivity contribution is -0.185. The maximum absolute atomic E-state index is 7.36. The first kappa shape index (κ1) is 11.3. The summed E-state index contributed by atoms with van der Waals surface area (Å²) in [5.74, 6) is 1.39. The normalized spacial score (nSPS) is 50.1. The summed E-state index contributed by atoms with van der Waals surface area (Å²) in [4.78, 5) is 3.78. The molecule has 5 aliphatic rings. The fourth-order valence-electron chi connectivity index (χ4n) is 4.47. The highest BCUT2D eigenvalue weighted by molar-refractivity contribution is 6.51. The van der Waals surface area contributed by atoms with Gasteiger partial charge in [-0.15, -0.1) is 0 Å². The van der Waals surface area contributed by atoms with Crippen LogP contribution in [0.15, 0.2) is 0 Å². The molecule has 96 valence electrons. The molecule has 4 saturated carbocycles. The van der Waals surface area contributed by atoms with E-state index in [1.807, 2.05) is 0 Å². The van der Waals surface area contributed by atoms with E-state index in [4.69, 9.17) is 15.9 Å². The van der Waals surface area contributed by atoms with Crippen molar-refractivity contribution in [2.24, 2.45) is 17.3 Å².